The van der Waals surface area contributed by atoms with E-state index in [1.165, 1.54) is 12.1 Å². The second-order valence-electron chi connectivity index (χ2n) is 4.68. The molecule has 0 aromatic heterocycles. The fraction of sp³-hybridized carbons (Fsp3) is 0.538. The molecule has 1 aromatic rings. The van der Waals surface area contributed by atoms with Gasteiger partial charge in [-0.1, -0.05) is 19.9 Å². The molecule has 0 aliphatic carbocycles. The zero-order valence-corrected chi connectivity index (χ0v) is 11.9. The fourth-order valence-corrected chi connectivity index (χ4v) is 3.24. The number of alkyl halides is 3. The van der Waals surface area contributed by atoms with Gasteiger partial charge < -0.3 is 5.32 Å². The van der Waals surface area contributed by atoms with E-state index in [-0.39, 0.29) is 16.9 Å². The van der Waals surface area contributed by atoms with Gasteiger partial charge in [0.25, 0.3) is 0 Å². The van der Waals surface area contributed by atoms with Crippen molar-refractivity contribution in [2.45, 2.75) is 31.0 Å². The Kier molecular flexibility index (Phi) is 5.55. The smallest absolute Gasteiger partial charge is 0.316 e. The summed E-state index contributed by atoms with van der Waals surface area (Å²) in [5, 5.41) is 3.03. The van der Waals surface area contributed by atoms with Crippen molar-refractivity contribution >= 4 is 10.8 Å². The van der Waals surface area contributed by atoms with Crippen molar-refractivity contribution in [3.8, 4) is 0 Å². The molecule has 1 aromatic carbocycles. The van der Waals surface area contributed by atoms with Crippen LogP contribution < -0.4 is 5.32 Å². The molecule has 0 bridgehead atoms. The highest BCUT2D eigenvalue weighted by atomic mass is 32.2. The molecular weight excluding hydrogens is 275 g/mol. The Labute approximate surface area is 113 Å². The molecule has 0 saturated carbocycles. The van der Waals surface area contributed by atoms with E-state index >= 15 is 0 Å². The zero-order chi connectivity index (χ0) is 14.6. The summed E-state index contributed by atoms with van der Waals surface area (Å²) >= 11 is 0. The van der Waals surface area contributed by atoms with E-state index in [4.69, 9.17) is 0 Å². The Balaban J connectivity index is 2.89. The van der Waals surface area contributed by atoms with Crippen LogP contribution in [0.1, 0.15) is 19.4 Å². The molecule has 0 spiro atoms. The van der Waals surface area contributed by atoms with Crippen LogP contribution in [0.15, 0.2) is 29.2 Å². The van der Waals surface area contributed by atoms with E-state index < -0.39 is 22.5 Å². The molecular formula is C13H18F3NOS. The third-order valence-corrected chi connectivity index (χ3v) is 4.37. The first-order chi connectivity index (χ1) is 8.75. The average molecular weight is 293 g/mol. The lowest BCUT2D eigenvalue weighted by molar-refractivity contribution is -0.137. The quantitative estimate of drug-likeness (QED) is 0.904. The Morgan fingerprint density at radius 3 is 2.42 bits per heavy atom. The predicted molar refractivity (Wildman–Crippen MR) is 70.4 cm³/mol. The molecule has 2 nitrogen and oxygen atoms in total. The highest BCUT2D eigenvalue weighted by Crippen LogP contribution is 2.30. The molecule has 0 radical (unpaired) electrons. The van der Waals surface area contributed by atoms with E-state index in [0.29, 0.717) is 5.75 Å². The van der Waals surface area contributed by atoms with E-state index in [9.17, 15) is 17.4 Å². The fourth-order valence-electron chi connectivity index (χ4n) is 1.68. The van der Waals surface area contributed by atoms with Gasteiger partial charge in [-0.15, -0.1) is 0 Å². The first-order valence-corrected chi connectivity index (χ1v) is 7.30. The topological polar surface area (TPSA) is 29.1 Å². The van der Waals surface area contributed by atoms with Crippen LogP contribution >= 0.6 is 0 Å². The van der Waals surface area contributed by atoms with Crippen LogP contribution in [0.5, 0.6) is 0 Å². The Hall–Kier alpha value is -0.880. The summed E-state index contributed by atoms with van der Waals surface area (Å²) in [6.45, 7) is 3.95. The molecule has 108 valence electrons. The Bertz CT molecular complexity index is 446. The lowest BCUT2D eigenvalue weighted by Crippen LogP contribution is -2.35. The Morgan fingerprint density at radius 1 is 1.32 bits per heavy atom. The summed E-state index contributed by atoms with van der Waals surface area (Å²) in [6, 6.07) is 4.72. The molecule has 2 unspecified atom stereocenters. The van der Waals surface area contributed by atoms with E-state index in [0.717, 1.165) is 12.1 Å². The van der Waals surface area contributed by atoms with Crippen molar-refractivity contribution < 1.29 is 17.4 Å². The van der Waals surface area contributed by atoms with Crippen molar-refractivity contribution in [3.05, 3.63) is 29.8 Å². The van der Waals surface area contributed by atoms with Gasteiger partial charge >= 0.3 is 6.18 Å². The van der Waals surface area contributed by atoms with Crippen molar-refractivity contribution in [1.29, 1.82) is 0 Å². The number of nitrogens with one attached hydrogen (secondary N) is 1. The molecule has 0 heterocycles. The van der Waals surface area contributed by atoms with Gasteiger partial charge in [0.2, 0.25) is 0 Å². The number of rotatable bonds is 5. The molecule has 2 atom stereocenters. The normalized spacial score (nSPS) is 15.5. The van der Waals surface area contributed by atoms with Crippen LogP contribution in [-0.2, 0) is 17.0 Å². The van der Waals surface area contributed by atoms with Gasteiger partial charge in [-0.05, 0) is 31.2 Å². The molecule has 0 fully saturated rings. The van der Waals surface area contributed by atoms with Crippen LogP contribution in [0.2, 0.25) is 0 Å². The van der Waals surface area contributed by atoms with Crippen LogP contribution in [0.3, 0.4) is 0 Å². The van der Waals surface area contributed by atoms with Gasteiger partial charge in [0, 0.05) is 16.7 Å². The van der Waals surface area contributed by atoms with Gasteiger partial charge in [-0.3, -0.25) is 4.21 Å². The summed E-state index contributed by atoms with van der Waals surface area (Å²) in [7, 11) is 0.316. The molecule has 6 heteroatoms. The van der Waals surface area contributed by atoms with Crippen LogP contribution in [-0.4, -0.2) is 23.1 Å². The van der Waals surface area contributed by atoms with Crippen LogP contribution in [0, 0.1) is 5.92 Å². The summed E-state index contributed by atoms with van der Waals surface area (Å²) < 4.78 is 49.8. The average Bonchev–Trinajstić information content (AvgIpc) is 2.34. The molecule has 0 aliphatic rings. The minimum Gasteiger partial charge on any atom is -0.316 e. The number of hydrogen-bond acceptors (Lipinski definition) is 2. The number of halogens is 3. The molecule has 19 heavy (non-hydrogen) atoms. The van der Waals surface area contributed by atoms with Gasteiger partial charge in [0.05, 0.1) is 16.4 Å². The van der Waals surface area contributed by atoms with Gasteiger partial charge in [0.15, 0.2) is 0 Å². The summed E-state index contributed by atoms with van der Waals surface area (Å²) in [6.07, 6.45) is -4.40. The first kappa shape index (κ1) is 16.2. The van der Waals surface area contributed by atoms with Gasteiger partial charge in [0.1, 0.15) is 0 Å². The molecule has 1 rings (SSSR count). The SMILES string of the molecule is CNC(CS(=O)c1cccc(C(F)(F)F)c1)C(C)C. The van der Waals surface area contributed by atoms with E-state index in [1.54, 1.807) is 7.05 Å². The zero-order valence-electron chi connectivity index (χ0n) is 11.1. The second-order valence-corrected chi connectivity index (χ2v) is 6.17. The van der Waals surface area contributed by atoms with E-state index in [1.807, 2.05) is 13.8 Å². The molecule has 0 aliphatic heterocycles. The Morgan fingerprint density at radius 2 is 1.95 bits per heavy atom. The standard InChI is InChI=1S/C13H18F3NOS/c1-9(2)12(17-3)8-19(18)11-6-4-5-10(7-11)13(14,15)16/h4-7,9,12,17H,8H2,1-3H3. The summed E-state index contributed by atoms with van der Waals surface area (Å²) in [5.74, 6) is 0.565. The summed E-state index contributed by atoms with van der Waals surface area (Å²) in [5.41, 5.74) is -0.760. The third kappa shape index (κ3) is 4.62. The van der Waals surface area contributed by atoms with Crippen molar-refractivity contribution in [1.82, 2.24) is 5.32 Å². The summed E-state index contributed by atoms with van der Waals surface area (Å²) in [4.78, 5) is 0.218. The highest BCUT2D eigenvalue weighted by Gasteiger charge is 2.31. The second kappa shape index (κ2) is 6.52. The monoisotopic (exact) mass is 293 g/mol. The lowest BCUT2D eigenvalue weighted by Gasteiger charge is -2.19. The van der Waals surface area contributed by atoms with Crippen LogP contribution in [0.4, 0.5) is 13.2 Å². The maximum Gasteiger partial charge on any atom is 0.416 e. The largest absolute Gasteiger partial charge is 0.416 e. The molecule has 0 amide bonds. The van der Waals surface area contributed by atoms with Gasteiger partial charge in [-0.2, -0.15) is 13.2 Å². The van der Waals surface area contributed by atoms with Crippen molar-refractivity contribution in [2.24, 2.45) is 5.92 Å². The lowest BCUT2D eigenvalue weighted by atomic mass is 10.1. The first-order valence-electron chi connectivity index (χ1n) is 5.98. The van der Waals surface area contributed by atoms with Crippen molar-refractivity contribution in [2.75, 3.05) is 12.8 Å². The molecule has 1 N–H and O–H groups in total. The number of hydrogen-bond donors (Lipinski definition) is 1. The number of benzene rings is 1. The molecule has 0 saturated heterocycles. The van der Waals surface area contributed by atoms with Gasteiger partial charge in [-0.25, -0.2) is 0 Å². The predicted octanol–water partition coefficient (Wildman–Crippen LogP) is 3.06. The maximum absolute atomic E-state index is 12.6. The highest BCUT2D eigenvalue weighted by molar-refractivity contribution is 7.85. The minimum absolute atomic E-state index is 0.00961. The minimum atomic E-state index is -4.40. The van der Waals surface area contributed by atoms with Crippen LogP contribution in [0.25, 0.3) is 0 Å². The van der Waals surface area contributed by atoms with Crippen molar-refractivity contribution in [3.63, 3.8) is 0 Å². The third-order valence-electron chi connectivity index (χ3n) is 2.93. The maximum atomic E-state index is 12.6. The van der Waals surface area contributed by atoms with E-state index in [2.05, 4.69) is 5.32 Å².